The van der Waals surface area contributed by atoms with Crippen LogP contribution in [0.25, 0.3) is 0 Å². The zero-order valence-electron chi connectivity index (χ0n) is 12.3. The molecule has 1 fully saturated rings. The molecule has 2 rings (SSSR count). The molecule has 1 aliphatic rings. The number of nitrogens with zero attached hydrogens (tertiary/aromatic N) is 2. The zero-order valence-corrected chi connectivity index (χ0v) is 13.2. The summed E-state index contributed by atoms with van der Waals surface area (Å²) in [5, 5.41) is 5.56. The summed E-state index contributed by atoms with van der Waals surface area (Å²) in [6, 6.07) is -0.403. The average molecular weight is 295 g/mol. The van der Waals surface area contributed by atoms with Crippen LogP contribution in [0, 0.1) is 5.92 Å². The van der Waals surface area contributed by atoms with Gasteiger partial charge in [0.2, 0.25) is 11.8 Å². The summed E-state index contributed by atoms with van der Waals surface area (Å²) in [5.74, 6) is 0.233. The van der Waals surface area contributed by atoms with Crippen LogP contribution in [0.15, 0.2) is 11.6 Å². The molecule has 0 radical (unpaired) electrons. The minimum atomic E-state index is -0.845. The highest BCUT2D eigenvalue weighted by Crippen LogP contribution is 2.24. The van der Waals surface area contributed by atoms with Crippen LogP contribution in [0.2, 0.25) is 0 Å². The van der Waals surface area contributed by atoms with Crippen molar-refractivity contribution in [2.24, 2.45) is 5.92 Å². The van der Waals surface area contributed by atoms with Crippen LogP contribution in [-0.2, 0) is 16.1 Å². The number of thiazole rings is 1. The number of rotatable bonds is 4. The van der Waals surface area contributed by atoms with Gasteiger partial charge in [0.1, 0.15) is 16.6 Å². The molecular formula is C14H21N3O2S. The van der Waals surface area contributed by atoms with Gasteiger partial charge in [-0.05, 0) is 26.2 Å². The van der Waals surface area contributed by atoms with E-state index < -0.39 is 11.6 Å². The van der Waals surface area contributed by atoms with Gasteiger partial charge in [0.15, 0.2) is 0 Å². The van der Waals surface area contributed by atoms with Crippen LogP contribution in [0.5, 0.6) is 0 Å². The van der Waals surface area contributed by atoms with E-state index in [-0.39, 0.29) is 11.8 Å². The summed E-state index contributed by atoms with van der Waals surface area (Å²) in [7, 11) is 0. The fraction of sp³-hybridized carbons (Fsp3) is 0.643. The van der Waals surface area contributed by atoms with Crippen LogP contribution in [-0.4, -0.2) is 33.3 Å². The molecule has 1 saturated heterocycles. The number of carbonyl (C=O) groups excluding carboxylic acids is 2. The first-order valence-electron chi connectivity index (χ1n) is 6.82. The highest BCUT2D eigenvalue weighted by molar-refractivity contribution is 7.09. The highest BCUT2D eigenvalue weighted by Gasteiger charge is 2.45. The molecule has 1 aromatic rings. The van der Waals surface area contributed by atoms with Crippen LogP contribution >= 0.6 is 11.3 Å². The molecule has 20 heavy (non-hydrogen) atoms. The van der Waals surface area contributed by atoms with Crippen LogP contribution in [0.1, 0.15) is 39.1 Å². The van der Waals surface area contributed by atoms with Gasteiger partial charge in [0.25, 0.3) is 0 Å². The van der Waals surface area contributed by atoms with E-state index in [1.165, 1.54) is 11.3 Å². The van der Waals surface area contributed by atoms with E-state index in [1.54, 1.807) is 24.9 Å². The summed E-state index contributed by atoms with van der Waals surface area (Å²) in [6.45, 7) is 8.00. The van der Waals surface area contributed by atoms with Crippen molar-refractivity contribution in [3.8, 4) is 0 Å². The lowest BCUT2D eigenvalue weighted by Gasteiger charge is -2.43. The molecule has 0 aliphatic carbocycles. The van der Waals surface area contributed by atoms with Gasteiger partial charge in [0.05, 0.1) is 6.54 Å². The van der Waals surface area contributed by atoms with Crippen molar-refractivity contribution < 1.29 is 9.59 Å². The third-order valence-electron chi connectivity index (χ3n) is 3.39. The van der Waals surface area contributed by atoms with E-state index >= 15 is 0 Å². The molecule has 5 nitrogen and oxygen atoms in total. The fourth-order valence-corrected chi connectivity index (χ4v) is 3.04. The lowest BCUT2D eigenvalue weighted by molar-refractivity contribution is -0.154. The van der Waals surface area contributed by atoms with Gasteiger partial charge in [-0.3, -0.25) is 9.59 Å². The van der Waals surface area contributed by atoms with Crippen molar-refractivity contribution in [1.29, 1.82) is 0 Å². The standard InChI is InChI=1S/C14H21N3O2S/c1-9(2)7-10-12(18)16-14(3,4)13(19)17(10)8-11-15-5-6-20-11/h5-6,9-10H,7-8H2,1-4H3,(H,16,18). The monoisotopic (exact) mass is 295 g/mol. The maximum absolute atomic E-state index is 12.6. The molecule has 1 atom stereocenters. The van der Waals surface area contributed by atoms with Gasteiger partial charge >= 0.3 is 0 Å². The van der Waals surface area contributed by atoms with Crippen molar-refractivity contribution in [2.75, 3.05) is 0 Å². The van der Waals surface area contributed by atoms with Gasteiger partial charge < -0.3 is 10.2 Å². The Hall–Kier alpha value is -1.43. The lowest BCUT2D eigenvalue weighted by atomic mass is 9.92. The molecule has 2 amide bonds. The summed E-state index contributed by atoms with van der Waals surface area (Å²) in [4.78, 5) is 30.8. The highest BCUT2D eigenvalue weighted by atomic mass is 32.1. The Bertz CT molecular complexity index is 497. The molecule has 2 heterocycles. The predicted molar refractivity (Wildman–Crippen MR) is 78.1 cm³/mol. The minimum Gasteiger partial charge on any atom is -0.340 e. The molecule has 0 bridgehead atoms. The quantitative estimate of drug-likeness (QED) is 0.921. The van der Waals surface area contributed by atoms with Gasteiger partial charge in [-0.2, -0.15) is 0 Å². The second-order valence-electron chi connectivity index (χ2n) is 6.12. The number of hydrogen-bond acceptors (Lipinski definition) is 4. The van der Waals surface area contributed by atoms with Gasteiger partial charge in [-0.1, -0.05) is 13.8 Å². The first-order chi connectivity index (χ1) is 9.31. The zero-order chi connectivity index (χ0) is 14.9. The van der Waals surface area contributed by atoms with Crippen LogP contribution < -0.4 is 5.32 Å². The summed E-state index contributed by atoms with van der Waals surface area (Å²) >= 11 is 1.50. The molecule has 0 saturated carbocycles. The van der Waals surface area contributed by atoms with E-state index in [1.807, 2.05) is 5.38 Å². The first kappa shape index (κ1) is 15.0. The summed E-state index contributed by atoms with van der Waals surface area (Å²) in [5.41, 5.74) is -0.845. The number of amides is 2. The Kier molecular flexibility index (Phi) is 4.13. The molecule has 110 valence electrons. The second-order valence-corrected chi connectivity index (χ2v) is 7.10. The van der Waals surface area contributed by atoms with Crippen LogP contribution in [0.3, 0.4) is 0 Å². The maximum atomic E-state index is 12.6. The van der Waals surface area contributed by atoms with Crippen molar-refractivity contribution in [3.05, 3.63) is 16.6 Å². The Balaban J connectivity index is 2.27. The summed E-state index contributed by atoms with van der Waals surface area (Å²) < 4.78 is 0. The molecule has 6 heteroatoms. The van der Waals surface area contributed by atoms with E-state index in [2.05, 4.69) is 24.1 Å². The number of nitrogens with one attached hydrogen (secondary N) is 1. The smallest absolute Gasteiger partial charge is 0.248 e. The Morgan fingerprint density at radius 2 is 2.15 bits per heavy atom. The van der Waals surface area contributed by atoms with Gasteiger partial charge in [0, 0.05) is 11.6 Å². The Morgan fingerprint density at radius 3 is 2.70 bits per heavy atom. The lowest BCUT2D eigenvalue weighted by Crippen LogP contribution is -2.67. The molecule has 0 aromatic carbocycles. The fourth-order valence-electron chi connectivity index (χ4n) is 2.43. The van der Waals surface area contributed by atoms with E-state index in [0.717, 1.165) is 5.01 Å². The topological polar surface area (TPSA) is 62.3 Å². The maximum Gasteiger partial charge on any atom is 0.248 e. The van der Waals surface area contributed by atoms with Crippen molar-refractivity contribution in [1.82, 2.24) is 15.2 Å². The number of carbonyl (C=O) groups is 2. The minimum absolute atomic E-state index is 0.0436. The predicted octanol–water partition coefficient (Wildman–Crippen LogP) is 1.79. The average Bonchev–Trinajstić information content (AvgIpc) is 2.83. The molecule has 1 aliphatic heterocycles. The van der Waals surface area contributed by atoms with Gasteiger partial charge in [-0.15, -0.1) is 11.3 Å². The summed E-state index contributed by atoms with van der Waals surface area (Å²) in [6.07, 6.45) is 2.39. The van der Waals surface area contributed by atoms with Crippen molar-refractivity contribution in [3.63, 3.8) is 0 Å². The van der Waals surface area contributed by atoms with Crippen molar-refractivity contribution >= 4 is 23.2 Å². The number of piperazine rings is 1. The van der Waals surface area contributed by atoms with Crippen LogP contribution in [0.4, 0.5) is 0 Å². The Morgan fingerprint density at radius 1 is 1.45 bits per heavy atom. The third-order valence-corrected chi connectivity index (χ3v) is 4.16. The molecular weight excluding hydrogens is 274 g/mol. The molecule has 1 unspecified atom stereocenters. The number of aromatic nitrogens is 1. The molecule has 1 aromatic heterocycles. The molecule has 0 spiro atoms. The Labute approximate surface area is 123 Å². The second kappa shape index (κ2) is 5.52. The van der Waals surface area contributed by atoms with E-state index in [9.17, 15) is 9.59 Å². The third kappa shape index (κ3) is 3.00. The number of hydrogen-bond donors (Lipinski definition) is 1. The normalized spacial score (nSPS) is 22.2. The first-order valence-corrected chi connectivity index (χ1v) is 7.70. The van der Waals surface area contributed by atoms with E-state index in [4.69, 9.17) is 0 Å². The van der Waals surface area contributed by atoms with Crippen molar-refractivity contribution in [2.45, 2.75) is 52.2 Å². The largest absolute Gasteiger partial charge is 0.340 e. The molecule has 1 N–H and O–H groups in total. The van der Waals surface area contributed by atoms with Gasteiger partial charge in [-0.25, -0.2) is 4.98 Å². The SMILES string of the molecule is CC(C)CC1C(=O)NC(C)(C)C(=O)N1Cc1nccs1. The van der Waals surface area contributed by atoms with E-state index in [0.29, 0.717) is 18.9 Å².